The Morgan fingerprint density at radius 1 is 1.34 bits per heavy atom. The molecule has 2 amide bonds. The van der Waals surface area contributed by atoms with Gasteiger partial charge in [-0.05, 0) is 37.5 Å². The van der Waals surface area contributed by atoms with Gasteiger partial charge in [-0.3, -0.25) is 15.0 Å². The van der Waals surface area contributed by atoms with Crippen LogP contribution in [0, 0.1) is 5.82 Å². The number of hydrogen-bond acceptors (Lipinski definition) is 7. The van der Waals surface area contributed by atoms with Crippen molar-refractivity contribution < 1.29 is 14.0 Å². The summed E-state index contributed by atoms with van der Waals surface area (Å²) in [6, 6.07) is 4.60. The van der Waals surface area contributed by atoms with Gasteiger partial charge in [-0.25, -0.2) is 14.8 Å². The molecule has 2 atom stereocenters. The van der Waals surface area contributed by atoms with Crippen LogP contribution in [-0.2, 0) is 17.8 Å². The number of rotatable bonds is 4. The fourth-order valence-electron chi connectivity index (χ4n) is 4.26. The van der Waals surface area contributed by atoms with Gasteiger partial charge >= 0.3 is 0 Å². The number of hydrazine groups is 1. The van der Waals surface area contributed by atoms with Gasteiger partial charge in [0.25, 0.3) is 5.91 Å². The van der Waals surface area contributed by atoms with Crippen LogP contribution >= 0.6 is 11.3 Å². The van der Waals surface area contributed by atoms with E-state index < -0.39 is 5.82 Å². The minimum absolute atomic E-state index is 0.0405. The first kappa shape index (κ1) is 20.7. The van der Waals surface area contributed by atoms with Crippen LogP contribution in [-0.4, -0.2) is 49.0 Å². The topological polar surface area (TPSA) is 105 Å². The molecule has 1 saturated heterocycles. The molecule has 2 aliphatic rings. The molecule has 2 aromatic heterocycles. The molecule has 3 aromatic rings. The van der Waals surface area contributed by atoms with E-state index in [9.17, 15) is 14.0 Å². The average molecular weight is 456 g/mol. The zero-order valence-electron chi connectivity index (χ0n) is 17.4. The number of hydrogen-bond donors (Lipinski definition) is 2. The number of nitrogens with zero attached hydrogens (tertiary/aromatic N) is 5. The van der Waals surface area contributed by atoms with Crippen LogP contribution in [0.5, 0.6) is 0 Å². The second kappa shape index (κ2) is 8.40. The third-order valence-electron chi connectivity index (χ3n) is 5.81. The number of benzene rings is 1. The number of nitrogens with one attached hydrogen (secondary N) is 2. The Kier molecular flexibility index (Phi) is 5.43. The summed E-state index contributed by atoms with van der Waals surface area (Å²) in [5.41, 5.74) is 6.47. The molecule has 4 heterocycles. The number of halogens is 1. The van der Waals surface area contributed by atoms with E-state index in [1.165, 1.54) is 17.4 Å². The highest BCUT2D eigenvalue weighted by atomic mass is 32.1. The van der Waals surface area contributed by atoms with Gasteiger partial charge in [-0.2, -0.15) is 0 Å². The lowest BCUT2D eigenvalue weighted by molar-refractivity contribution is -0.124. The molecule has 0 bridgehead atoms. The second-order valence-electron chi connectivity index (χ2n) is 8.13. The average Bonchev–Trinajstić information content (AvgIpc) is 3.46. The van der Waals surface area contributed by atoms with Gasteiger partial charge in [0.15, 0.2) is 16.7 Å². The van der Waals surface area contributed by atoms with E-state index in [-0.39, 0.29) is 36.0 Å². The number of fused-ring (bicyclic) bond motifs is 1. The lowest BCUT2D eigenvalue weighted by atomic mass is 9.98. The predicted molar refractivity (Wildman–Crippen MR) is 115 cm³/mol. The molecule has 32 heavy (non-hydrogen) atoms. The quantitative estimate of drug-likeness (QED) is 0.624. The molecule has 2 aliphatic heterocycles. The number of thiazole rings is 1. The molecule has 9 nitrogen and oxygen atoms in total. The van der Waals surface area contributed by atoms with Crippen molar-refractivity contribution in [3.63, 3.8) is 0 Å². The molecule has 0 radical (unpaired) electrons. The molecular weight excluding hydrogens is 433 g/mol. The highest BCUT2D eigenvalue weighted by Gasteiger charge is 2.32. The van der Waals surface area contributed by atoms with Gasteiger partial charge in [0.2, 0.25) is 5.91 Å². The minimum atomic E-state index is -0.549. The van der Waals surface area contributed by atoms with Crippen molar-refractivity contribution in [2.45, 2.75) is 44.8 Å². The van der Waals surface area contributed by atoms with E-state index in [2.05, 4.69) is 26.0 Å². The van der Waals surface area contributed by atoms with Crippen molar-refractivity contribution in [2.75, 3.05) is 6.54 Å². The summed E-state index contributed by atoms with van der Waals surface area (Å²) >= 11 is 1.48. The zero-order chi connectivity index (χ0) is 22.2. The van der Waals surface area contributed by atoms with E-state index >= 15 is 0 Å². The summed E-state index contributed by atoms with van der Waals surface area (Å²) in [6.45, 7) is 2.66. The Hall–Kier alpha value is -3.18. The monoisotopic (exact) mass is 455 g/mol. The maximum absolute atomic E-state index is 14.6. The van der Waals surface area contributed by atoms with Crippen LogP contribution in [0.15, 0.2) is 29.8 Å². The normalized spacial score (nSPS) is 20.7. The molecule has 0 aliphatic carbocycles. The molecule has 0 spiro atoms. The Balaban J connectivity index is 1.35. The molecule has 5 rings (SSSR count). The van der Waals surface area contributed by atoms with Crippen molar-refractivity contribution in [3.05, 3.63) is 52.5 Å². The number of aromatic nitrogens is 4. The Morgan fingerprint density at radius 3 is 2.97 bits per heavy atom. The van der Waals surface area contributed by atoms with E-state index in [1.54, 1.807) is 23.2 Å². The van der Waals surface area contributed by atoms with Crippen molar-refractivity contribution in [2.24, 2.45) is 0 Å². The maximum Gasteiger partial charge on any atom is 0.257 e. The largest absolute Gasteiger partial charge is 0.329 e. The van der Waals surface area contributed by atoms with Gasteiger partial charge in [0, 0.05) is 30.6 Å². The van der Waals surface area contributed by atoms with Gasteiger partial charge in [-0.15, -0.1) is 21.5 Å². The highest BCUT2D eigenvalue weighted by Crippen LogP contribution is 2.29. The summed E-state index contributed by atoms with van der Waals surface area (Å²) in [5.74, 6) is 0.384. The lowest BCUT2D eigenvalue weighted by Gasteiger charge is -2.32. The van der Waals surface area contributed by atoms with Crippen molar-refractivity contribution >= 4 is 23.2 Å². The lowest BCUT2D eigenvalue weighted by Crippen LogP contribution is -2.50. The molecule has 166 valence electrons. The van der Waals surface area contributed by atoms with Crippen molar-refractivity contribution in [1.82, 2.24) is 35.5 Å². The van der Waals surface area contributed by atoms with Gasteiger partial charge < -0.3 is 9.47 Å². The standard InChI is InChI=1S/C21H22FN7O2S/c1-12-10-28(11-17-25-27-19(29(12)17)20-23-6-7-32-20)21(31)15-9-13(2-4-16(15)22)8-14-3-5-18(30)26-24-14/h2,4,6-7,9,12,14,24H,3,5,8,10-11H2,1H3,(H,26,30). The third kappa shape index (κ3) is 3.89. The van der Waals surface area contributed by atoms with E-state index in [0.29, 0.717) is 37.5 Å². The summed E-state index contributed by atoms with van der Waals surface area (Å²) in [4.78, 5) is 30.5. The molecule has 2 N–H and O–H groups in total. The summed E-state index contributed by atoms with van der Waals surface area (Å²) in [7, 11) is 0. The maximum atomic E-state index is 14.6. The number of carbonyl (C=O) groups is 2. The molecule has 2 unspecified atom stereocenters. The van der Waals surface area contributed by atoms with Gasteiger partial charge in [0.05, 0.1) is 18.2 Å². The first-order valence-electron chi connectivity index (χ1n) is 10.5. The van der Waals surface area contributed by atoms with Gasteiger partial charge in [0.1, 0.15) is 5.82 Å². The Bertz CT molecular complexity index is 1150. The molecule has 1 fully saturated rings. The van der Waals surface area contributed by atoms with Crippen LogP contribution in [0.4, 0.5) is 4.39 Å². The smallest absolute Gasteiger partial charge is 0.257 e. The summed E-state index contributed by atoms with van der Waals surface area (Å²) < 4.78 is 16.6. The van der Waals surface area contributed by atoms with Crippen LogP contribution in [0.1, 0.15) is 47.6 Å². The molecule has 1 aromatic carbocycles. The minimum Gasteiger partial charge on any atom is -0.329 e. The summed E-state index contributed by atoms with van der Waals surface area (Å²) in [6.07, 6.45) is 3.44. The van der Waals surface area contributed by atoms with Crippen LogP contribution in [0.25, 0.3) is 10.8 Å². The first-order chi connectivity index (χ1) is 15.5. The van der Waals surface area contributed by atoms with Gasteiger partial charge in [-0.1, -0.05) is 6.07 Å². The Morgan fingerprint density at radius 2 is 2.22 bits per heavy atom. The second-order valence-corrected chi connectivity index (χ2v) is 9.02. The van der Waals surface area contributed by atoms with Crippen LogP contribution in [0.3, 0.4) is 0 Å². The fourth-order valence-corrected chi connectivity index (χ4v) is 4.88. The Labute approximate surface area is 187 Å². The van der Waals surface area contributed by atoms with E-state index in [0.717, 1.165) is 10.6 Å². The van der Waals surface area contributed by atoms with Crippen molar-refractivity contribution in [1.29, 1.82) is 0 Å². The third-order valence-corrected chi connectivity index (χ3v) is 6.58. The van der Waals surface area contributed by atoms with Crippen molar-refractivity contribution in [3.8, 4) is 10.8 Å². The number of carbonyl (C=O) groups excluding carboxylic acids is 2. The first-order valence-corrected chi connectivity index (χ1v) is 11.3. The summed E-state index contributed by atoms with van der Waals surface area (Å²) in [5, 5.41) is 11.2. The molecular formula is C21H22FN7O2S. The highest BCUT2D eigenvalue weighted by molar-refractivity contribution is 7.13. The predicted octanol–water partition coefficient (Wildman–Crippen LogP) is 2.08. The van der Waals surface area contributed by atoms with E-state index in [1.807, 2.05) is 16.9 Å². The fraction of sp³-hybridized carbons (Fsp3) is 0.381. The van der Waals surface area contributed by atoms with E-state index in [4.69, 9.17) is 0 Å². The SMILES string of the molecule is CC1CN(C(=O)c2cc(CC3CCC(=O)NN3)ccc2F)Cc2nnc(-c3nccs3)n21. The number of amides is 2. The molecule has 11 heteroatoms. The molecule has 0 saturated carbocycles. The van der Waals surface area contributed by atoms with Crippen LogP contribution in [0.2, 0.25) is 0 Å². The zero-order valence-corrected chi connectivity index (χ0v) is 18.2. The van der Waals surface area contributed by atoms with Crippen LogP contribution < -0.4 is 10.9 Å².